The highest BCUT2D eigenvalue weighted by Crippen LogP contribution is 2.37. The van der Waals surface area contributed by atoms with Gasteiger partial charge in [-0.3, -0.25) is 4.72 Å². The zero-order valence-corrected chi connectivity index (χ0v) is 18.8. The Morgan fingerprint density at radius 3 is 2.11 bits per heavy atom. The van der Waals surface area contributed by atoms with Gasteiger partial charge >= 0.3 is 27.9 Å². The molecule has 0 spiro atoms. The number of hydrogen-bond donors (Lipinski definition) is 1. The summed E-state index contributed by atoms with van der Waals surface area (Å²) < 4.78 is 141. The van der Waals surface area contributed by atoms with Crippen molar-refractivity contribution in [3.8, 4) is 0 Å². The molecule has 5 nitrogen and oxygen atoms in total. The Morgan fingerprint density at radius 1 is 0.971 bits per heavy atom. The number of nitrogens with one attached hydrogen (secondary N) is 1. The summed E-state index contributed by atoms with van der Waals surface area (Å²) in [7, 11) is -5.84. The summed E-state index contributed by atoms with van der Waals surface area (Å²) in [6.07, 6.45) is -10.3. The van der Waals surface area contributed by atoms with Crippen LogP contribution in [0.2, 0.25) is 5.02 Å². The fraction of sp³-hybridized carbons (Fsp3) is 0.316. The summed E-state index contributed by atoms with van der Waals surface area (Å²) in [4.78, 5) is 4.84. The van der Waals surface area contributed by atoms with Gasteiger partial charge in [0.15, 0.2) is 0 Å². The molecular weight excluding hydrogens is 543 g/mol. The van der Waals surface area contributed by atoms with Crippen LogP contribution in [0.15, 0.2) is 41.6 Å². The quantitative estimate of drug-likeness (QED) is 0.227. The van der Waals surface area contributed by atoms with E-state index in [2.05, 4.69) is 5.16 Å². The van der Waals surface area contributed by atoms with Gasteiger partial charge in [0, 0.05) is 16.1 Å². The standard InChI is InChI=1S/C19H14ClF9N2O3S/c1-2-15(13-8-12(20)5-6-16(13)31-35(32,33)19(27,28)29)30-34-9-10-3-4-11(17(21,22)23)7-14(10)18(24,25)26/h3-8,31H,2,9H2,1H3. The first kappa shape index (κ1) is 28.6. The lowest BCUT2D eigenvalue weighted by Crippen LogP contribution is -2.30. The van der Waals surface area contributed by atoms with Crippen LogP contribution in [-0.4, -0.2) is 19.6 Å². The maximum Gasteiger partial charge on any atom is 0.516 e. The summed E-state index contributed by atoms with van der Waals surface area (Å²) in [5.74, 6) is 0. The van der Waals surface area contributed by atoms with Crippen molar-refractivity contribution < 1.29 is 52.8 Å². The van der Waals surface area contributed by atoms with Gasteiger partial charge in [-0.1, -0.05) is 29.7 Å². The van der Waals surface area contributed by atoms with E-state index in [4.69, 9.17) is 16.4 Å². The topological polar surface area (TPSA) is 67.8 Å². The molecule has 0 fully saturated rings. The Bertz CT molecular complexity index is 1210. The van der Waals surface area contributed by atoms with E-state index in [0.717, 1.165) is 18.2 Å². The molecule has 194 valence electrons. The van der Waals surface area contributed by atoms with E-state index in [0.29, 0.717) is 12.1 Å². The number of hydrogen-bond acceptors (Lipinski definition) is 4. The monoisotopic (exact) mass is 556 g/mol. The Hall–Kier alpha value is -2.68. The van der Waals surface area contributed by atoms with Crippen LogP contribution in [0.25, 0.3) is 0 Å². The van der Waals surface area contributed by atoms with Gasteiger partial charge in [0.05, 0.1) is 22.5 Å². The van der Waals surface area contributed by atoms with Crippen molar-refractivity contribution in [3.05, 3.63) is 63.7 Å². The minimum absolute atomic E-state index is 0.0433. The first-order valence-corrected chi connectivity index (χ1v) is 11.1. The molecule has 16 heteroatoms. The molecule has 0 atom stereocenters. The Kier molecular flexibility index (Phi) is 8.26. The summed E-state index contributed by atoms with van der Waals surface area (Å²) in [5.41, 5.74) is -10.6. The predicted molar refractivity (Wildman–Crippen MR) is 108 cm³/mol. The third-order valence-electron chi connectivity index (χ3n) is 4.31. The molecule has 0 amide bonds. The maximum atomic E-state index is 13.3. The van der Waals surface area contributed by atoms with E-state index >= 15 is 0 Å². The lowest BCUT2D eigenvalue weighted by molar-refractivity contribution is -0.143. The van der Waals surface area contributed by atoms with Crippen LogP contribution in [0.4, 0.5) is 45.2 Å². The smallest absolute Gasteiger partial charge is 0.391 e. The summed E-state index contributed by atoms with van der Waals surface area (Å²) in [6.45, 7) is 0.463. The first-order valence-electron chi connectivity index (χ1n) is 9.22. The van der Waals surface area contributed by atoms with Crippen molar-refractivity contribution in [3.63, 3.8) is 0 Å². The van der Waals surface area contributed by atoms with Crippen molar-refractivity contribution in [2.24, 2.45) is 5.16 Å². The number of rotatable bonds is 7. The number of nitrogens with zero attached hydrogens (tertiary/aromatic N) is 1. The molecule has 0 saturated heterocycles. The number of alkyl halides is 9. The van der Waals surface area contributed by atoms with Crippen LogP contribution in [0.5, 0.6) is 0 Å². The fourth-order valence-corrected chi connectivity index (χ4v) is 3.43. The number of benzene rings is 2. The highest BCUT2D eigenvalue weighted by molar-refractivity contribution is 7.93. The molecule has 2 rings (SSSR count). The third-order valence-corrected chi connectivity index (χ3v) is 5.65. The highest BCUT2D eigenvalue weighted by Gasteiger charge is 2.46. The number of oxime groups is 1. The maximum absolute atomic E-state index is 13.3. The minimum Gasteiger partial charge on any atom is -0.391 e. The van der Waals surface area contributed by atoms with E-state index in [1.807, 2.05) is 0 Å². The van der Waals surface area contributed by atoms with Crippen molar-refractivity contribution in [2.75, 3.05) is 4.72 Å². The van der Waals surface area contributed by atoms with E-state index in [-0.39, 0.29) is 28.8 Å². The van der Waals surface area contributed by atoms with Crippen LogP contribution >= 0.6 is 11.6 Å². The van der Waals surface area contributed by atoms with Crippen LogP contribution in [0, 0.1) is 0 Å². The lowest BCUT2D eigenvalue weighted by Gasteiger charge is -2.16. The second-order valence-electron chi connectivity index (χ2n) is 6.77. The van der Waals surface area contributed by atoms with Gasteiger partial charge in [0.1, 0.15) is 6.61 Å². The number of sulfonamides is 1. The normalized spacial score (nSPS) is 13.6. The van der Waals surface area contributed by atoms with Crippen LogP contribution in [0.3, 0.4) is 0 Å². The largest absolute Gasteiger partial charge is 0.516 e. The van der Waals surface area contributed by atoms with Crippen LogP contribution in [0.1, 0.15) is 35.6 Å². The van der Waals surface area contributed by atoms with Gasteiger partial charge in [0.25, 0.3) is 0 Å². The highest BCUT2D eigenvalue weighted by atomic mass is 35.5. The van der Waals surface area contributed by atoms with Crippen molar-refractivity contribution in [2.45, 2.75) is 37.8 Å². The van der Waals surface area contributed by atoms with E-state index in [1.54, 1.807) is 0 Å². The van der Waals surface area contributed by atoms with Gasteiger partial charge < -0.3 is 4.84 Å². The zero-order valence-electron chi connectivity index (χ0n) is 17.2. The molecule has 2 aromatic carbocycles. The SMILES string of the molecule is CCC(=NOCc1ccc(C(F)(F)F)cc1C(F)(F)F)c1cc(Cl)ccc1NS(=O)(=O)C(F)(F)F. The van der Waals surface area contributed by atoms with Crippen molar-refractivity contribution >= 4 is 33.0 Å². The zero-order chi connectivity index (χ0) is 26.8. The van der Waals surface area contributed by atoms with Gasteiger partial charge in [-0.15, -0.1) is 0 Å². The van der Waals surface area contributed by atoms with Gasteiger partial charge in [-0.25, -0.2) is 0 Å². The molecule has 2 aromatic rings. The molecule has 0 aliphatic heterocycles. The van der Waals surface area contributed by atoms with Crippen LogP contribution in [-0.2, 0) is 33.8 Å². The minimum atomic E-state index is -5.84. The summed E-state index contributed by atoms with van der Waals surface area (Å²) in [5, 5.41) is 3.51. The molecule has 0 unspecified atom stereocenters. The molecular formula is C19H14ClF9N2O3S. The lowest BCUT2D eigenvalue weighted by atomic mass is 10.0. The van der Waals surface area contributed by atoms with E-state index < -0.39 is 56.9 Å². The first-order chi connectivity index (χ1) is 15.9. The average Bonchev–Trinajstić information content (AvgIpc) is 2.70. The van der Waals surface area contributed by atoms with Gasteiger partial charge in [-0.05, 0) is 36.8 Å². The van der Waals surface area contributed by atoms with Crippen LogP contribution < -0.4 is 4.72 Å². The summed E-state index contributed by atoms with van der Waals surface area (Å²) in [6, 6.07) is 3.90. The Balaban J connectivity index is 2.41. The molecule has 0 saturated carbocycles. The van der Waals surface area contributed by atoms with Crippen molar-refractivity contribution in [1.82, 2.24) is 0 Å². The molecule has 0 aromatic heterocycles. The second-order valence-corrected chi connectivity index (χ2v) is 8.88. The van der Waals surface area contributed by atoms with Crippen molar-refractivity contribution in [1.29, 1.82) is 0 Å². The molecule has 0 bridgehead atoms. The third kappa shape index (κ3) is 7.16. The molecule has 1 N–H and O–H groups in total. The second kappa shape index (κ2) is 10.1. The number of halogens is 10. The molecule has 0 aliphatic rings. The molecule has 0 aliphatic carbocycles. The Morgan fingerprint density at radius 2 is 1.60 bits per heavy atom. The van der Waals surface area contributed by atoms with Gasteiger partial charge in [0.2, 0.25) is 0 Å². The fourth-order valence-electron chi connectivity index (χ4n) is 2.67. The average molecular weight is 557 g/mol. The molecule has 0 radical (unpaired) electrons. The Labute approximate surface area is 197 Å². The molecule has 0 heterocycles. The summed E-state index contributed by atoms with van der Waals surface area (Å²) >= 11 is 5.82. The number of anilines is 1. The van der Waals surface area contributed by atoms with E-state index in [1.165, 1.54) is 11.6 Å². The molecule has 35 heavy (non-hydrogen) atoms. The predicted octanol–water partition coefficient (Wildman–Crippen LogP) is 6.97. The van der Waals surface area contributed by atoms with Gasteiger partial charge in [-0.2, -0.15) is 47.9 Å². The van der Waals surface area contributed by atoms with E-state index in [9.17, 15) is 47.9 Å².